The van der Waals surface area contributed by atoms with Gasteiger partial charge in [-0.05, 0) is 62.1 Å². The van der Waals surface area contributed by atoms with E-state index in [9.17, 15) is 9.90 Å². The summed E-state index contributed by atoms with van der Waals surface area (Å²) in [5.74, 6) is 0.455. The largest absolute Gasteiger partial charge is 0.373 e. The molecule has 0 amide bonds. The summed E-state index contributed by atoms with van der Waals surface area (Å²) in [7, 11) is 0. The van der Waals surface area contributed by atoms with Crippen molar-refractivity contribution in [3.63, 3.8) is 0 Å². The van der Waals surface area contributed by atoms with Crippen molar-refractivity contribution in [3.05, 3.63) is 59.3 Å². The molecule has 1 aliphatic heterocycles. The van der Waals surface area contributed by atoms with Gasteiger partial charge in [0.1, 0.15) is 12.5 Å². The zero-order chi connectivity index (χ0) is 18.5. The number of aliphatic hydroxyl groups is 1. The van der Waals surface area contributed by atoms with E-state index in [0.717, 1.165) is 49.5 Å². The molecule has 3 nitrogen and oxygen atoms in total. The van der Waals surface area contributed by atoms with E-state index in [1.807, 2.05) is 13.0 Å². The van der Waals surface area contributed by atoms with Gasteiger partial charge in [0.2, 0.25) is 0 Å². The van der Waals surface area contributed by atoms with Gasteiger partial charge in [-0.1, -0.05) is 43.4 Å². The van der Waals surface area contributed by atoms with Crippen molar-refractivity contribution in [2.24, 2.45) is 5.92 Å². The molecule has 3 heteroatoms. The molecule has 3 atom stereocenters. The second-order valence-corrected chi connectivity index (χ2v) is 8.08. The minimum Gasteiger partial charge on any atom is -0.373 e. The van der Waals surface area contributed by atoms with Gasteiger partial charge >= 0.3 is 0 Å². The number of carbonyl (C=O) groups excluding carboxylic acids is 1. The monoisotopic (exact) mass is 349 g/mol. The molecule has 2 aliphatic rings. The Morgan fingerprint density at radius 2 is 2.19 bits per heavy atom. The maximum absolute atomic E-state index is 10.9. The Hall–Kier alpha value is -2.13. The van der Waals surface area contributed by atoms with Crippen molar-refractivity contribution < 1.29 is 9.90 Å². The summed E-state index contributed by atoms with van der Waals surface area (Å²) in [6.07, 6.45) is 7.00. The van der Waals surface area contributed by atoms with Gasteiger partial charge in [-0.2, -0.15) is 0 Å². The molecule has 26 heavy (non-hydrogen) atoms. The normalized spacial score (nSPS) is 28.3. The molecule has 0 saturated carbocycles. The van der Waals surface area contributed by atoms with E-state index in [-0.39, 0.29) is 5.41 Å². The first-order valence-corrected chi connectivity index (χ1v) is 9.59. The Labute approximate surface area is 155 Å². The highest BCUT2D eigenvalue weighted by atomic mass is 16.3. The quantitative estimate of drug-likeness (QED) is 0.488. The average molecular weight is 349 g/mol. The number of allylic oxidation sites excluding steroid dienone is 3. The lowest BCUT2D eigenvalue weighted by atomic mass is 9.70. The number of hydrogen-bond acceptors (Lipinski definition) is 2. The molecule has 0 bridgehead atoms. The lowest BCUT2D eigenvalue weighted by molar-refractivity contribution is -0.104. The average Bonchev–Trinajstić information content (AvgIpc) is 3.09. The third-order valence-corrected chi connectivity index (χ3v) is 6.68. The predicted molar refractivity (Wildman–Crippen MR) is 105 cm³/mol. The van der Waals surface area contributed by atoms with E-state index in [4.69, 9.17) is 0 Å². The summed E-state index contributed by atoms with van der Waals surface area (Å²) in [6, 6.07) is 8.44. The van der Waals surface area contributed by atoms with E-state index in [1.165, 1.54) is 22.2 Å². The standard InChI is InChI=1S/C23H27NO2/c1-15(14-25)7-6-8-17-13-19-18-9-4-5-10-20(18)24-21(26)12-11-16(2)23(17,3)22(19)24/h4-5,7,9-10,14,17,21,26H,2,6,8,11-13H2,1,3H3/b15-7+. The number of nitrogens with zero attached hydrogens (tertiary/aromatic N) is 1. The molecule has 2 heterocycles. The second kappa shape index (κ2) is 6.24. The Morgan fingerprint density at radius 1 is 1.42 bits per heavy atom. The number of fused-ring (bicyclic) bond motifs is 3. The van der Waals surface area contributed by atoms with Crippen LogP contribution in [0.1, 0.15) is 57.0 Å². The van der Waals surface area contributed by atoms with E-state index in [1.54, 1.807) is 0 Å². The van der Waals surface area contributed by atoms with Gasteiger partial charge in [0.15, 0.2) is 0 Å². The van der Waals surface area contributed by atoms with Crippen LogP contribution in [0.3, 0.4) is 0 Å². The fraction of sp³-hybridized carbons (Fsp3) is 0.435. The van der Waals surface area contributed by atoms with Gasteiger partial charge in [-0.25, -0.2) is 0 Å². The molecule has 1 aromatic heterocycles. The van der Waals surface area contributed by atoms with Crippen LogP contribution in [0.15, 0.2) is 48.1 Å². The highest BCUT2D eigenvalue weighted by Crippen LogP contribution is 2.55. The predicted octanol–water partition coefficient (Wildman–Crippen LogP) is 4.84. The second-order valence-electron chi connectivity index (χ2n) is 8.08. The van der Waals surface area contributed by atoms with E-state index in [2.05, 4.69) is 42.3 Å². The molecule has 0 spiro atoms. The van der Waals surface area contributed by atoms with Crippen LogP contribution < -0.4 is 0 Å². The van der Waals surface area contributed by atoms with Gasteiger partial charge in [-0.15, -0.1) is 0 Å². The fourth-order valence-electron chi connectivity index (χ4n) is 5.16. The van der Waals surface area contributed by atoms with Gasteiger partial charge in [0, 0.05) is 16.5 Å². The smallest absolute Gasteiger partial charge is 0.145 e. The molecule has 0 fully saturated rings. The van der Waals surface area contributed by atoms with Crippen molar-refractivity contribution in [3.8, 4) is 0 Å². The van der Waals surface area contributed by atoms with E-state index in [0.29, 0.717) is 5.92 Å². The lowest BCUT2D eigenvalue weighted by Gasteiger charge is -2.34. The highest BCUT2D eigenvalue weighted by Gasteiger charge is 2.49. The van der Waals surface area contributed by atoms with Gasteiger partial charge in [0.25, 0.3) is 0 Å². The molecule has 1 aliphatic carbocycles. The lowest BCUT2D eigenvalue weighted by Crippen LogP contribution is -2.31. The maximum atomic E-state index is 10.9. The molecule has 2 aromatic rings. The topological polar surface area (TPSA) is 42.2 Å². The van der Waals surface area contributed by atoms with Crippen LogP contribution in [0.25, 0.3) is 10.9 Å². The summed E-state index contributed by atoms with van der Waals surface area (Å²) in [6.45, 7) is 8.63. The van der Waals surface area contributed by atoms with Crippen LogP contribution in [0.4, 0.5) is 0 Å². The minimum absolute atomic E-state index is 0.116. The molecule has 136 valence electrons. The first-order valence-electron chi connectivity index (χ1n) is 9.59. The Kier molecular flexibility index (Phi) is 4.15. The van der Waals surface area contributed by atoms with E-state index < -0.39 is 6.23 Å². The SMILES string of the molecule is C=C1CCC(O)n2c3c(c4ccccc42)CC(CC/C=C(\C)C=O)C13C. The summed E-state index contributed by atoms with van der Waals surface area (Å²) < 4.78 is 2.18. The summed E-state index contributed by atoms with van der Waals surface area (Å²) >= 11 is 0. The maximum Gasteiger partial charge on any atom is 0.145 e. The van der Waals surface area contributed by atoms with Crippen LogP contribution in [0.5, 0.6) is 0 Å². The van der Waals surface area contributed by atoms with Crippen molar-refractivity contribution in [1.29, 1.82) is 0 Å². The van der Waals surface area contributed by atoms with Crippen LogP contribution in [-0.4, -0.2) is 16.0 Å². The van der Waals surface area contributed by atoms with Gasteiger partial charge < -0.3 is 9.67 Å². The summed E-state index contributed by atoms with van der Waals surface area (Å²) in [5.41, 5.74) is 5.71. The minimum atomic E-state index is -0.488. The molecule has 1 aromatic carbocycles. The van der Waals surface area contributed by atoms with Crippen molar-refractivity contribution >= 4 is 17.2 Å². The third kappa shape index (κ3) is 2.34. The molecule has 3 unspecified atom stereocenters. The molecule has 0 radical (unpaired) electrons. The number of aromatic nitrogens is 1. The number of aliphatic hydroxyl groups excluding tert-OH is 1. The Morgan fingerprint density at radius 3 is 2.96 bits per heavy atom. The zero-order valence-corrected chi connectivity index (χ0v) is 15.7. The van der Waals surface area contributed by atoms with Crippen LogP contribution >= 0.6 is 0 Å². The van der Waals surface area contributed by atoms with Crippen LogP contribution in [0, 0.1) is 5.92 Å². The van der Waals surface area contributed by atoms with Crippen LogP contribution in [0.2, 0.25) is 0 Å². The number of benzene rings is 1. The number of carbonyl (C=O) groups is 1. The first kappa shape index (κ1) is 17.3. The van der Waals surface area contributed by atoms with Gasteiger partial charge in [0.05, 0.1) is 5.52 Å². The fourth-order valence-corrected chi connectivity index (χ4v) is 5.16. The molecular weight excluding hydrogens is 322 g/mol. The number of hydrogen-bond donors (Lipinski definition) is 1. The number of para-hydroxylation sites is 1. The Bertz CT molecular complexity index is 920. The number of rotatable bonds is 4. The summed E-state index contributed by atoms with van der Waals surface area (Å²) in [5, 5.41) is 12.1. The van der Waals surface area contributed by atoms with Crippen LogP contribution in [-0.2, 0) is 16.6 Å². The van der Waals surface area contributed by atoms with E-state index >= 15 is 0 Å². The highest BCUT2D eigenvalue weighted by molar-refractivity contribution is 5.87. The van der Waals surface area contributed by atoms with Gasteiger partial charge in [-0.3, -0.25) is 4.79 Å². The Balaban J connectivity index is 1.83. The molecular formula is C23H27NO2. The molecule has 4 rings (SSSR count). The zero-order valence-electron chi connectivity index (χ0n) is 15.7. The first-order chi connectivity index (χ1) is 12.5. The van der Waals surface area contributed by atoms with Crippen molar-refractivity contribution in [1.82, 2.24) is 4.57 Å². The summed E-state index contributed by atoms with van der Waals surface area (Å²) in [4.78, 5) is 10.9. The van der Waals surface area contributed by atoms with Crippen molar-refractivity contribution in [2.75, 3.05) is 0 Å². The van der Waals surface area contributed by atoms with Crippen molar-refractivity contribution in [2.45, 2.75) is 57.6 Å². The third-order valence-electron chi connectivity index (χ3n) is 6.68. The number of aldehydes is 1. The molecule has 0 saturated heterocycles. The molecule has 1 N–H and O–H groups in total.